The van der Waals surface area contributed by atoms with Crippen LogP contribution in [0.4, 0.5) is 8.78 Å². The van der Waals surface area contributed by atoms with Gasteiger partial charge in [0.25, 0.3) is 0 Å². The minimum absolute atomic E-state index is 0.0237. The van der Waals surface area contributed by atoms with Crippen LogP contribution in [0.15, 0.2) is 17.0 Å². The van der Waals surface area contributed by atoms with Gasteiger partial charge in [0.2, 0.25) is 10.0 Å². The van der Waals surface area contributed by atoms with E-state index in [4.69, 9.17) is 5.11 Å². The Labute approximate surface area is 115 Å². The molecule has 1 unspecified atom stereocenters. The molecule has 0 amide bonds. The van der Waals surface area contributed by atoms with Crippen molar-refractivity contribution in [2.75, 3.05) is 12.8 Å². The molecule has 0 heterocycles. The highest BCUT2D eigenvalue weighted by Gasteiger charge is 2.23. The predicted molar refractivity (Wildman–Crippen MR) is 70.4 cm³/mol. The third-order valence-electron chi connectivity index (χ3n) is 2.56. The van der Waals surface area contributed by atoms with Crippen LogP contribution in [0.2, 0.25) is 0 Å². The molecule has 0 saturated heterocycles. The van der Waals surface area contributed by atoms with Crippen LogP contribution in [0.25, 0.3) is 0 Å². The Morgan fingerprint density at radius 2 is 2.05 bits per heavy atom. The highest BCUT2D eigenvalue weighted by atomic mass is 32.2. The second-order valence-corrected chi connectivity index (χ2v) is 6.91. The van der Waals surface area contributed by atoms with E-state index in [0.717, 1.165) is 12.1 Å². The molecule has 4 nitrogen and oxygen atoms in total. The molecule has 0 fully saturated rings. The van der Waals surface area contributed by atoms with E-state index in [-0.39, 0.29) is 11.8 Å². The van der Waals surface area contributed by atoms with E-state index in [9.17, 15) is 17.2 Å². The quantitative estimate of drug-likeness (QED) is 0.835. The number of aliphatic hydroxyl groups excluding tert-OH is 1. The monoisotopic (exact) mass is 311 g/mol. The van der Waals surface area contributed by atoms with E-state index in [1.54, 1.807) is 0 Å². The van der Waals surface area contributed by atoms with Gasteiger partial charge < -0.3 is 5.11 Å². The number of hydrogen-bond donors (Lipinski definition) is 2. The molecule has 1 aromatic rings. The van der Waals surface area contributed by atoms with Crippen LogP contribution in [0.1, 0.15) is 12.5 Å². The topological polar surface area (TPSA) is 66.4 Å². The Morgan fingerprint density at radius 3 is 2.58 bits per heavy atom. The summed E-state index contributed by atoms with van der Waals surface area (Å²) in [4.78, 5) is -0.661. The third kappa shape index (κ3) is 3.88. The molecule has 0 aromatic heterocycles. The summed E-state index contributed by atoms with van der Waals surface area (Å²) < 4.78 is 53.0. The van der Waals surface area contributed by atoms with Crippen molar-refractivity contribution >= 4 is 21.8 Å². The molecule has 0 aliphatic carbocycles. The van der Waals surface area contributed by atoms with Crippen LogP contribution in [-0.4, -0.2) is 31.6 Å². The molecule has 108 valence electrons. The van der Waals surface area contributed by atoms with Crippen molar-refractivity contribution in [1.82, 2.24) is 4.72 Å². The summed E-state index contributed by atoms with van der Waals surface area (Å²) in [5.74, 6) is -2.23. The average Bonchev–Trinajstić information content (AvgIpc) is 2.36. The summed E-state index contributed by atoms with van der Waals surface area (Å²) in [6.45, 7) is 1.05. The fourth-order valence-electron chi connectivity index (χ4n) is 1.32. The highest BCUT2D eigenvalue weighted by Crippen LogP contribution is 2.21. The lowest BCUT2D eigenvalue weighted by molar-refractivity contribution is 0.267. The minimum Gasteiger partial charge on any atom is -0.391 e. The van der Waals surface area contributed by atoms with E-state index in [1.807, 2.05) is 13.2 Å². The lowest BCUT2D eigenvalue weighted by Gasteiger charge is -2.12. The van der Waals surface area contributed by atoms with Crippen LogP contribution in [0, 0.1) is 11.6 Å². The second-order valence-electron chi connectivity index (χ2n) is 3.89. The predicted octanol–water partition coefficient (Wildman–Crippen LogP) is 1.49. The Hall–Kier alpha value is -0.700. The fraction of sp³-hybridized carbons (Fsp3) is 0.455. The number of halogens is 2. The molecule has 1 atom stereocenters. The van der Waals surface area contributed by atoms with Crippen molar-refractivity contribution in [1.29, 1.82) is 0 Å². The SMILES string of the molecule is CSC(C)CNS(=O)(=O)c1ccc(F)c(CO)c1F. The van der Waals surface area contributed by atoms with Gasteiger partial charge in [0.15, 0.2) is 5.82 Å². The molecule has 0 radical (unpaired) electrons. The normalized spacial score (nSPS) is 13.5. The number of sulfonamides is 1. The van der Waals surface area contributed by atoms with Crippen molar-refractivity contribution in [2.45, 2.75) is 23.7 Å². The summed E-state index contributed by atoms with van der Waals surface area (Å²) in [5, 5.41) is 8.87. The zero-order chi connectivity index (χ0) is 14.6. The van der Waals surface area contributed by atoms with Gasteiger partial charge in [-0.1, -0.05) is 6.92 Å². The van der Waals surface area contributed by atoms with Gasteiger partial charge >= 0.3 is 0 Å². The van der Waals surface area contributed by atoms with Crippen molar-refractivity contribution in [3.05, 3.63) is 29.3 Å². The summed E-state index contributed by atoms with van der Waals surface area (Å²) in [7, 11) is -4.06. The minimum atomic E-state index is -4.06. The molecule has 19 heavy (non-hydrogen) atoms. The van der Waals surface area contributed by atoms with Crippen molar-refractivity contribution in [3.63, 3.8) is 0 Å². The van der Waals surface area contributed by atoms with Gasteiger partial charge in [-0.05, 0) is 18.4 Å². The molecule has 0 aliphatic rings. The number of nitrogens with one attached hydrogen (secondary N) is 1. The Kier molecular flexibility index (Phi) is 5.72. The molecule has 8 heteroatoms. The molecule has 1 aromatic carbocycles. The first-order valence-corrected chi connectivity index (χ1v) is 8.20. The maximum absolute atomic E-state index is 13.8. The van der Waals surface area contributed by atoms with E-state index >= 15 is 0 Å². The Bertz CT molecular complexity index is 549. The maximum Gasteiger partial charge on any atom is 0.243 e. The number of rotatable bonds is 6. The molecular weight excluding hydrogens is 296 g/mol. The standard InChI is InChI=1S/C11H15F2NO3S2/c1-7(18-2)5-14-19(16,17)10-4-3-9(12)8(6-15)11(10)13/h3-4,7,14-15H,5-6H2,1-2H3. The molecule has 2 N–H and O–H groups in total. The third-order valence-corrected chi connectivity index (χ3v) is 4.97. The van der Waals surface area contributed by atoms with Crippen LogP contribution < -0.4 is 4.72 Å². The van der Waals surface area contributed by atoms with E-state index < -0.39 is 38.7 Å². The Morgan fingerprint density at radius 1 is 1.42 bits per heavy atom. The Balaban J connectivity index is 3.09. The van der Waals surface area contributed by atoms with Gasteiger partial charge in [-0.2, -0.15) is 11.8 Å². The largest absolute Gasteiger partial charge is 0.391 e. The number of hydrogen-bond acceptors (Lipinski definition) is 4. The average molecular weight is 311 g/mol. The van der Waals surface area contributed by atoms with Crippen molar-refractivity contribution in [2.24, 2.45) is 0 Å². The summed E-state index contributed by atoms with van der Waals surface area (Å²) in [6, 6.07) is 1.66. The second kappa shape index (κ2) is 6.65. The van der Waals surface area contributed by atoms with E-state index in [0.29, 0.717) is 0 Å². The van der Waals surface area contributed by atoms with Crippen LogP contribution in [0.3, 0.4) is 0 Å². The van der Waals surface area contributed by atoms with Gasteiger partial charge in [-0.25, -0.2) is 21.9 Å². The number of benzene rings is 1. The molecule has 0 bridgehead atoms. The zero-order valence-electron chi connectivity index (χ0n) is 10.5. The van der Waals surface area contributed by atoms with Gasteiger partial charge in [-0.3, -0.25) is 0 Å². The summed E-state index contributed by atoms with van der Waals surface area (Å²) >= 11 is 1.45. The van der Waals surface area contributed by atoms with Crippen LogP contribution in [0.5, 0.6) is 0 Å². The van der Waals surface area contributed by atoms with E-state index in [2.05, 4.69) is 4.72 Å². The van der Waals surface area contributed by atoms with Gasteiger partial charge in [0, 0.05) is 11.8 Å². The first-order chi connectivity index (χ1) is 8.83. The maximum atomic E-state index is 13.8. The molecule has 0 aliphatic heterocycles. The first-order valence-electron chi connectivity index (χ1n) is 5.43. The smallest absolute Gasteiger partial charge is 0.243 e. The highest BCUT2D eigenvalue weighted by molar-refractivity contribution is 7.99. The molecule has 1 rings (SSSR count). The van der Waals surface area contributed by atoms with Crippen LogP contribution >= 0.6 is 11.8 Å². The van der Waals surface area contributed by atoms with Gasteiger partial charge in [-0.15, -0.1) is 0 Å². The lowest BCUT2D eigenvalue weighted by Crippen LogP contribution is -2.30. The zero-order valence-corrected chi connectivity index (χ0v) is 12.1. The molecule has 0 spiro atoms. The number of thioether (sulfide) groups is 1. The lowest BCUT2D eigenvalue weighted by atomic mass is 10.2. The molecule has 0 saturated carbocycles. The summed E-state index contributed by atoms with van der Waals surface area (Å²) in [5.41, 5.74) is -0.652. The summed E-state index contributed by atoms with van der Waals surface area (Å²) in [6.07, 6.45) is 1.82. The van der Waals surface area contributed by atoms with Crippen LogP contribution in [-0.2, 0) is 16.6 Å². The van der Waals surface area contributed by atoms with Crippen molar-refractivity contribution in [3.8, 4) is 0 Å². The van der Waals surface area contributed by atoms with Gasteiger partial charge in [0.05, 0.1) is 12.2 Å². The first kappa shape index (κ1) is 16.4. The van der Waals surface area contributed by atoms with E-state index in [1.165, 1.54) is 11.8 Å². The fourth-order valence-corrected chi connectivity index (χ4v) is 2.90. The van der Waals surface area contributed by atoms with Crippen molar-refractivity contribution < 1.29 is 22.3 Å². The number of aliphatic hydroxyl groups is 1. The van der Waals surface area contributed by atoms with Gasteiger partial charge in [0.1, 0.15) is 10.7 Å². The molecular formula is C11H15F2NO3S2.